The average Bonchev–Trinajstić information content (AvgIpc) is 2.55. The van der Waals surface area contributed by atoms with Gasteiger partial charge in [0.05, 0.1) is 9.92 Å². The van der Waals surface area contributed by atoms with Crippen LogP contribution in [-0.4, -0.2) is 79.2 Å². The Morgan fingerprint density at radius 3 is 2.35 bits per heavy atom. The monoisotopic (exact) mass is 423 g/mol. The second kappa shape index (κ2) is 8.99. The molecule has 0 radical (unpaired) electrons. The fraction of sp³-hybridized carbons (Fsp3) is 0.625. The molecule has 1 aliphatic heterocycles. The summed E-state index contributed by atoms with van der Waals surface area (Å²) >= 11 is 5.96. The quantitative estimate of drug-likeness (QED) is 0.629. The van der Waals surface area contributed by atoms with Crippen molar-refractivity contribution in [2.45, 2.75) is 22.6 Å². The number of piperazine rings is 1. The Balaban J connectivity index is 1.87. The summed E-state index contributed by atoms with van der Waals surface area (Å²) in [4.78, 5) is 4.39. The van der Waals surface area contributed by atoms with Crippen LogP contribution in [0.25, 0.3) is 0 Å². The van der Waals surface area contributed by atoms with Crippen LogP contribution in [0.5, 0.6) is 0 Å². The Labute approximate surface area is 161 Å². The summed E-state index contributed by atoms with van der Waals surface area (Å²) in [6.45, 7) is 5.42. The van der Waals surface area contributed by atoms with Crippen LogP contribution in [0.1, 0.15) is 12.8 Å². The van der Waals surface area contributed by atoms with E-state index < -0.39 is 19.9 Å². The van der Waals surface area contributed by atoms with Gasteiger partial charge >= 0.3 is 0 Å². The van der Waals surface area contributed by atoms with Crippen molar-refractivity contribution in [3.8, 4) is 0 Å². The molecule has 0 aliphatic carbocycles. The molecule has 0 unspecified atom stereocenters. The topological polar surface area (TPSA) is 86.8 Å². The average molecular weight is 424 g/mol. The normalized spacial score (nSPS) is 17.5. The molecule has 1 aliphatic rings. The second-order valence-corrected chi connectivity index (χ2v) is 10.8. The zero-order valence-electron chi connectivity index (χ0n) is 15.1. The molecule has 0 bridgehead atoms. The number of likely N-dealkylation sites (N-methyl/N-ethyl adjacent to an activating group) is 1. The van der Waals surface area contributed by atoms with Gasteiger partial charge in [0.1, 0.15) is 4.90 Å². The molecule has 2 rings (SSSR count). The Bertz CT molecular complexity index is 820. The van der Waals surface area contributed by atoms with E-state index in [-0.39, 0.29) is 21.4 Å². The molecule has 1 aromatic rings. The Hall–Kier alpha value is -0.710. The molecular formula is C16H26ClN3O4S2. The molecule has 148 valence electrons. The van der Waals surface area contributed by atoms with Crippen molar-refractivity contribution in [3.63, 3.8) is 0 Å². The van der Waals surface area contributed by atoms with E-state index >= 15 is 0 Å². The van der Waals surface area contributed by atoms with Gasteiger partial charge in [-0.1, -0.05) is 11.6 Å². The zero-order chi connectivity index (χ0) is 19.4. The SMILES string of the molecule is CN1CCN(CCCCNS(=O)(=O)c2cc(S(C)(=O)=O)ccc2Cl)CC1. The van der Waals surface area contributed by atoms with Gasteiger partial charge in [-0.05, 0) is 44.6 Å². The fourth-order valence-corrected chi connectivity index (χ4v) is 5.06. The van der Waals surface area contributed by atoms with Gasteiger partial charge in [0.25, 0.3) is 0 Å². The van der Waals surface area contributed by atoms with Crippen LogP contribution < -0.4 is 4.72 Å². The maximum atomic E-state index is 12.4. The van der Waals surface area contributed by atoms with Crippen LogP contribution >= 0.6 is 11.6 Å². The van der Waals surface area contributed by atoms with Crippen LogP contribution in [0.4, 0.5) is 0 Å². The predicted octanol–water partition coefficient (Wildman–Crippen LogP) is 1.05. The summed E-state index contributed by atoms with van der Waals surface area (Å²) in [5.74, 6) is 0. The van der Waals surface area contributed by atoms with Crippen LogP contribution in [0.2, 0.25) is 5.02 Å². The maximum absolute atomic E-state index is 12.4. The largest absolute Gasteiger partial charge is 0.304 e. The molecule has 1 N–H and O–H groups in total. The molecule has 0 amide bonds. The number of halogens is 1. The Morgan fingerprint density at radius 1 is 1.08 bits per heavy atom. The Kier molecular flexibility index (Phi) is 7.46. The van der Waals surface area contributed by atoms with Crippen molar-refractivity contribution < 1.29 is 16.8 Å². The molecular weight excluding hydrogens is 398 g/mol. The summed E-state index contributed by atoms with van der Waals surface area (Å²) in [5.41, 5.74) is 0. The summed E-state index contributed by atoms with van der Waals surface area (Å²) in [6, 6.07) is 3.69. The lowest BCUT2D eigenvalue weighted by Gasteiger charge is -2.32. The third-order valence-electron chi connectivity index (χ3n) is 4.41. The van der Waals surface area contributed by atoms with Gasteiger partial charge in [-0.25, -0.2) is 21.6 Å². The van der Waals surface area contributed by atoms with Crippen molar-refractivity contribution in [3.05, 3.63) is 23.2 Å². The van der Waals surface area contributed by atoms with Gasteiger partial charge in [0.15, 0.2) is 9.84 Å². The van der Waals surface area contributed by atoms with Gasteiger partial charge in [-0.15, -0.1) is 0 Å². The number of unbranched alkanes of at least 4 members (excludes halogenated alkanes) is 1. The molecule has 0 spiro atoms. The van der Waals surface area contributed by atoms with Gasteiger partial charge in [0.2, 0.25) is 10.0 Å². The van der Waals surface area contributed by atoms with Crippen LogP contribution in [0.15, 0.2) is 28.0 Å². The first-order chi connectivity index (χ1) is 12.1. The number of hydrogen-bond acceptors (Lipinski definition) is 6. The molecule has 10 heteroatoms. The number of nitrogens with zero attached hydrogens (tertiary/aromatic N) is 2. The molecule has 7 nitrogen and oxygen atoms in total. The van der Waals surface area contributed by atoms with Crippen LogP contribution in [0.3, 0.4) is 0 Å². The van der Waals surface area contributed by atoms with Crippen LogP contribution in [0, 0.1) is 0 Å². The maximum Gasteiger partial charge on any atom is 0.242 e. The molecule has 0 atom stereocenters. The minimum absolute atomic E-state index is 0.00216. The smallest absolute Gasteiger partial charge is 0.242 e. The molecule has 1 fully saturated rings. The lowest BCUT2D eigenvalue weighted by molar-refractivity contribution is 0.152. The summed E-state index contributed by atoms with van der Waals surface area (Å²) in [6.07, 6.45) is 2.62. The molecule has 1 aromatic carbocycles. The van der Waals surface area contributed by atoms with Crippen molar-refractivity contribution in [1.29, 1.82) is 0 Å². The van der Waals surface area contributed by atoms with Gasteiger partial charge < -0.3 is 9.80 Å². The van der Waals surface area contributed by atoms with Crippen molar-refractivity contribution in [2.24, 2.45) is 0 Å². The molecule has 0 aromatic heterocycles. The third-order valence-corrected chi connectivity index (χ3v) is 7.46. The Morgan fingerprint density at radius 2 is 1.73 bits per heavy atom. The standard InChI is InChI=1S/C16H26ClN3O4S2/c1-19-9-11-20(12-10-19)8-4-3-7-18-26(23,24)16-13-14(25(2,21)22)5-6-15(16)17/h5-6,13,18H,3-4,7-12H2,1-2H3. The molecule has 1 heterocycles. The summed E-state index contributed by atoms with van der Waals surface area (Å²) < 4.78 is 50.6. The van der Waals surface area contributed by atoms with Gasteiger partial charge in [-0.2, -0.15) is 0 Å². The second-order valence-electron chi connectivity index (χ2n) is 6.61. The molecule has 1 saturated heterocycles. The van der Waals surface area contributed by atoms with Crippen molar-refractivity contribution in [2.75, 3.05) is 52.6 Å². The first-order valence-corrected chi connectivity index (χ1v) is 12.2. The highest BCUT2D eigenvalue weighted by Gasteiger charge is 2.20. The zero-order valence-corrected chi connectivity index (χ0v) is 17.5. The van der Waals surface area contributed by atoms with Gasteiger partial charge in [0, 0.05) is 39.0 Å². The molecule has 0 saturated carbocycles. The minimum atomic E-state index is -3.85. The first-order valence-electron chi connectivity index (χ1n) is 8.50. The van der Waals surface area contributed by atoms with E-state index in [1.165, 1.54) is 12.1 Å². The number of benzene rings is 1. The lowest BCUT2D eigenvalue weighted by Crippen LogP contribution is -2.44. The van der Waals surface area contributed by atoms with E-state index in [1.54, 1.807) is 0 Å². The van der Waals surface area contributed by atoms with Crippen molar-refractivity contribution >= 4 is 31.5 Å². The van der Waals surface area contributed by atoms with Crippen molar-refractivity contribution in [1.82, 2.24) is 14.5 Å². The number of nitrogens with one attached hydrogen (secondary N) is 1. The van der Waals surface area contributed by atoms with E-state index in [0.717, 1.165) is 51.5 Å². The highest BCUT2D eigenvalue weighted by atomic mass is 35.5. The highest BCUT2D eigenvalue weighted by Crippen LogP contribution is 2.24. The lowest BCUT2D eigenvalue weighted by atomic mass is 10.2. The summed E-state index contributed by atoms with van der Waals surface area (Å²) in [5, 5.41) is 0.00216. The predicted molar refractivity (Wildman–Crippen MR) is 103 cm³/mol. The summed E-state index contributed by atoms with van der Waals surface area (Å²) in [7, 11) is -5.25. The number of sulfone groups is 1. The number of rotatable bonds is 8. The third kappa shape index (κ3) is 6.17. The fourth-order valence-electron chi connectivity index (χ4n) is 2.74. The van der Waals surface area contributed by atoms with E-state index in [4.69, 9.17) is 11.6 Å². The van der Waals surface area contributed by atoms with Gasteiger partial charge in [-0.3, -0.25) is 0 Å². The van der Waals surface area contributed by atoms with E-state index in [2.05, 4.69) is 21.6 Å². The minimum Gasteiger partial charge on any atom is -0.304 e. The van der Waals surface area contributed by atoms with Crippen LogP contribution in [-0.2, 0) is 19.9 Å². The first kappa shape index (κ1) is 21.6. The van der Waals surface area contributed by atoms with E-state index in [1.807, 2.05) is 0 Å². The number of sulfonamides is 1. The molecule has 26 heavy (non-hydrogen) atoms. The van der Waals surface area contributed by atoms with E-state index in [9.17, 15) is 16.8 Å². The van der Waals surface area contributed by atoms with E-state index in [0.29, 0.717) is 6.42 Å². The highest BCUT2D eigenvalue weighted by molar-refractivity contribution is 7.91. The number of hydrogen-bond donors (Lipinski definition) is 1.